The van der Waals surface area contributed by atoms with Crippen molar-refractivity contribution in [3.8, 4) is 0 Å². The van der Waals surface area contributed by atoms with Gasteiger partial charge >= 0.3 is 5.97 Å². The van der Waals surface area contributed by atoms with Gasteiger partial charge in [0.25, 0.3) is 0 Å². The first kappa shape index (κ1) is 12.5. The summed E-state index contributed by atoms with van der Waals surface area (Å²) in [6, 6.07) is 0. The van der Waals surface area contributed by atoms with E-state index in [2.05, 4.69) is 0 Å². The number of hydrogen-bond donors (Lipinski definition) is 0. The zero-order valence-electron chi connectivity index (χ0n) is 9.94. The summed E-state index contributed by atoms with van der Waals surface area (Å²) in [7, 11) is -0.808. The predicted molar refractivity (Wildman–Crippen MR) is 62.8 cm³/mol. The quantitative estimate of drug-likeness (QED) is 0.525. The molecule has 0 unspecified atom stereocenters. The SMILES string of the molecule is CCOC(=O)C1(C(=O)N2CCS(=O)CC2)CC1. The van der Waals surface area contributed by atoms with Crippen LogP contribution in [-0.4, -0.2) is 52.2 Å². The molecule has 0 bridgehead atoms. The molecule has 17 heavy (non-hydrogen) atoms. The van der Waals surface area contributed by atoms with Crippen molar-refractivity contribution in [3.05, 3.63) is 0 Å². The van der Waals surface area contributed by atoms with Crippen molar-refractivity contribution in [3.63, 3.8) is 0 Å². The van der Waals surface area contributed by atoms with E-state index in [0.29, 0.717) is 44.0 Å². The van der Waals surface area contributed by atoms with Crippen LogP contribution in [0.3, 0.4) is 0 Å². The second kappa shape index (κ2) is 4.76. The average molecular weight is 259 g/mol. The second-order valence-electron chi connectivity index (χ2n) is 4.44. The highest BCUT2D eigenvalue weighted by atomic mass is 32.2. The van der Waals surface area contributed by atoms with Crippen LogP contribution in [0.4, 0.5) is 0 Å². The van der Waals surface area contributed by atoms with Crippen molar-refractivity contribution in [1.82, 2.24) is 4.90 Å². The van der Waals surface area contributed by atoms with Crippen molar-refractivity contribution in [2.24, 2.45) is 5.41 Å². The maximum Gasteiger partial charge on any atom is 0.321 e. The van der Waals surface area contributed by atoms with Gasteiger partial charge in [-0.15, -0.1) is 0 Å². The van der Waals surface area contributed by atoms with Crippen LogP contribution >= 0.6 is 0 Å². The summed E-state index contributed by atoms with van der Waals surface area (Å²) in [6.07, 6.45) is 1.18. The highest BCUT2D eigenvalue weighted by Crippen LogP contribution is 2.48. The minimum Gasteiger partial charge on any atom is -0.465 e. The molecule has 1 aliphatic carbocycles. The van der Waals surface area contributed by atoms with Gasteiger partial charge in [-0.25, -0.2) is 0 Å². The molecule has 96 valence electrons. The number of carbonyl (C=O) groups is 2. The summed E-state index contributed by atoms with van der Waals surface area (Å²) >= 11 is 0. The Morgan fingerprint density at radius 3 is 2.35 bits per heavy atom. The highest BCUT2D eigenvalue weighted by molar-refractivity contribution is 7.85. The van der Waals surface area contributed by atoms with Crippen LogP contribution in [-0.2, 0) is 25.1 Å². The topological polar surface area (TPSA) is 63.7 Å². The Hall–Kier alpha value is -0.910. The van der Waals surface area contributed by atoms with E-state index in [1.807, 2.05) is 0 Å². The fourth-order valence-corrected chi connectivity index (χ4v) is 3.10. The Labute approximate surface area is 103 Å². The monoisotopic (exact) mass is 259 g/mol. The number of ether oxygens (including phenoxy) is 1. The van der Waals surface area contributed by atoms with Gasteiger partial charge in [0.2, 0.25) is 5.91 Å². The molecule has 0 N–H and O–H groups in total. The first-order valence-corrected chi connectivity index (χ1v) is 7.40. The number of nitrogens with zero attached hydrogens (tertiary/aromatic N) is 1. The molecule has 6 heteroatoms. The molecule has 0 radical (unpaired) electrons. The van der Waals surface area contributed by atoms with Crippen LogP contribution in [0, 0.1) is 5.41 Å². The van der Waals surface area contributed by atoms with E-state index in [-0.39, 0.29) is 5.91 Å². The lowest BCUT2D eigenvalue weighted by Crippen LogP contribution is -2.47. The molecule has 2 aliphatic rings. The number of carbonyl (C=O) groups excluding carboxylic acids is 2. The van der Waals surface area contributed by atoms with Gasteiger partial charge < -0.3 is 9.64 Å². The lowest BCUT2D eigenvalue weighted by atomic mass is 10.1. The smallest absolute Gasteiger partial charge is 0.321 e. The molecule has 1 amide bonds. The van der Waals surface area contributed by atoms with Crippen molar-refractivity contribution >= 4 is 22.7 Å². The average Bonchev–Trinajstić information content (AvgIpc) is 3.11. The minimum atomic E-state index is -0.908. The third-order valence-corrected chi connectivity index (χ3v) is 4.57. The van der Waals surface area contributed by atoms with Crippen molar-refractivity contribution in [1.29, 1.82) is 0 Å². The normalized spacial score (nSPS) is 23.2. The van der Waals surface area contributed by atoms with E-state index in [9.17, 15) is 13.8 Å². The molecule has 1 saturated carbocycles. The third-order valence-electron chi connectivity index (χ3n) is 3.29. The third kappa shape index (κ3) is 2.36. The Morgan fingerprint density at radius 2 is 1.88 bits per heavy atom. The Morgan fingerprint density at radius 1 is 1.29 bits per heavy atom. The van der Waals surface area contributed by atoms with Crippen molar-refractivity contribution in [2.45, 2.75) is 19.8 Å². The second-order valence-corrected chi connectivity index (χ2v) is 6.14. The van der Waals surface area contributed by atoms with E-state index in [4.69, 9.17) is 4.74 Å². The first-order valence-electron chi connectivity index (χ1n) is 5.92. The van der Waals surface area contributed by atoms with E-state index < -0.39 is 22.2 Å². The molecular weight excluding hydrogens is 242 g/mol. The summed E-state index contributed by atoms with van der Waals surface area (Å²) in [5.74, 6) is 0.513. The fourth-order valence-electron chi connectivity index (χ4n) is 2.04. The van der Waals surface area contributed by atoms with Gasteiger partial charge in [-0.3, -0.25) is 13.8 Å². The van der Waals surface area contributed by atoms with Gasteiger partial charge in [-0.1, -0.05) is 0 Å². The van der Waals surface area contributed by atoms with Crippen LogP contribution in [0.1, 0.15) is 19.8 Å². The van der Waals surface area contributed by atoms with Crippen LogP contribution in [0.5, 0.6) is 0 Å². The number of hydrogen-bond acceptors (Lipinski definition) is 4. The maximum absolute atomic E-state index is 12.2. The summed E-state index contributed by atoms with van der Waals surface area (Å²) in [6.45, 7) is 3.03. The van der Waals surface area contributed by atoms with Crippen LogP contribution in [0.2, 0.25) is 0 Å². The predicted octanol–water partition coefficient (Wildman–Crippen LogP) is -0.0794. The molecule has 1 saturated heterocycles. The Kier molecular flexibility index (Phi) is 3.51. The van der Waals surface area contributed by atoms with E-state index in [1.165, 1.54) is 0 Å². The summed E-state index contributed by atoms with van der Waals surface area (Å²) in [5, 5.41) is 0. The van der Waals surface area contributed by atoms with Gasteiger partial charge in [0.15, 0.2) is 0 Å². The number of esters is 1. The standard InChI is InChI=1S/C11H17NO4S/c1-2-16-10(14)11(3-4-11)9(13)12-5-7-17(15)8-6-12/h2-8H2,1H3. The molecule has 1 heterocycles. The van der Waals surface area contributed by atoms with Crippen LogP contribution < -0.4 is 0 Å². The van der Waals surface area contributed by atoms with Crippen LogP contribution in [0.25, 0.3) is 0 Å². The highest BCUT2D eigenvalue weighted by Gasteiger charge is 2.59. The minimum absolute atomic E-state index is 0.132. The lowest BCUT2D eigenvalue weighted by molar-refractivity contribution is -0.157. The molecule has 0 spiro atoms. The van der Waals surface area contributed by atoms with Gasteiger partial charge in [0, 0.05) is 35.4 Å². The Balaban J connectivity index is 2.00. The zero-order chi connectivity index (χ0) is 12.5. The molecule has 0 aromatic rings. The zero-order valence-corrected chi connectivity index (χ0v) is 10.8. The van der Waals surface area contributed by atoms with Crippen molar-refractivity contribution < 1.29 is 18.5 Å². The molecule has 5 nitrogen and oxygen atoms in total. The molecule has 0 aromatic heterocycles. The molecule has 1 aliphatic heterocycles. The molecule has 0 aromatic carbocycles. The molecule has 2 rings (SSSR count). The summed E-state index contributed by atoms with van der Waals surface area (Å²) in [4.78, 5) is 25.6. The van der Waals surface area contributed by atoms with E-state index in [1.54, 1.807) is 11.8 Å². The van der Waals surface area contributed by atoms with E-state index >= 15 is 0 Å². The van der Waals surface area contributed by atoms with Gasteiger partial charge in [0.05, 0.1) is 6.61 Å². The number of rotatable bonds is 3. The van der Waals surface area contributed by atoms with E-state index in [0.717, 1.165) is 0 Å². The first-order chi connectivity index (χ1) is 8.10. The number of amides is 1. The van der Waals surface area contributed by atoms with Crippen molar-refractivity contribution in [2.75, 3.05) is 31.2 Å². The maximum atomic E-state index is 12.2. The fraction of sp³-hybridized carbons (Fsp3) is 0.818. The van der Waals surface area contributed by atoms with Gasteiger partial charge in [0.1, 0.15) is 5.41 Å². The lowest BCUT2D eigenvalue weighted by Gasteiger charge is -2.29. The largest absolute Gasteiger partial charge is 0.465 e. The summed E-state index contributed by atoms with van der Waals surface area (Å²) in [5.41, 5.74) is -0.908. The van der Waals surface area contributed by atoms with Crippen LogP contribution in [0.15, 0.2) is 0 Å². The molecular formula is C11H17NO4S. The Bertz CT molecular complexity index is 354. The summed E-state index contributed by atoms with van der Waals surface area (Å²) < 4.78 is 16.2. The molecule has 0 atom stereocenters. The van der Waals surface area contributed by atoms with Gasteiger partial charge in [-0.2, -0.15) is 0 Å². The molecule has 2 fully saturated rings. The van der Waals surface area contributed by atoms with Gasteiger partial charge in [-0.05, 0) is 19.8 Å².